The van der Waals surface area contributed by atoms with E-state index in [0.717, 1.165) is 17.7 Å². The van der Waals surface area contributed by atoms with Crippen molar-refractivity contribution in [2.45, 2.75) is 32.6 Å². The van der Waals surface area contributed by atoms with Crippen LogP contribution in [-0.4, -0.2) is 20.3 Å². The Morgan fingerprint density at radius 2 is 2.00 bits per heavy atom. The standard InChI is InChI=1S/C15H21NO2/c1-5-15(2,3)14-7-6-13(10-12(14)11-16)18-9-8-17-4/h6-7,10H,5,8-9H2,1-4H3. The average Bonchev–Trinajstić information content (AvgIpc) is 2.38. The summed E-state index contributed by atoms with van der Waals surface area (Å²) in [6.45, 7) is 7.47. The Morgan fingerprint density at radius 3 is 2.56 bits per heavy atom. The van der Waals surface area contributed by atoms with Crippen molar-refractivity contribution in [3.8, 4) is 11.8 Å². The molecule has 0 fully saturated rings. The first-order valence-electron chi connectivity index (χ1n) is 6.21. The van der Waals surface area contributed by atoms with Gasteiger partial charge in [-0.15, -0.1) is 0 Å². The Bertz CT molecular complexity index is 433. The molecule has 0 saturated heterocycles. The van der Waals surface area contributed by atoms with Crippen LogP contribution in [0.1, 0.15) is 38.3 Å². The van der Waals surface area contributed by atoms with Crippen molar-refractivity contribution in [1.82, 2.24) is 0 Å². The highest BCUT2D eigenvalue weighted by atomic mass is 16.5. The van der Waals surface area contributed by atoms with Gasteiger partial charge in [-0.25, -0.2) is 0 Å². The Hall–Kier alpha value is -1.53. The number of nitriles is 1. The molecule has 0 unspecified atom stereocenters. The van der Waals surface area contributed by atoms with E-state index < -0.39 is 0 Å². The van der Waals surface area contributed by atoms with E-state index in [1.54, 1.807) is 7.11 Å². The van der Waals surface area contributed by atoms with Crippen LogP contribution in [0.5, 0.6) is 5.75 Å². The smallest absolute Gasteiger partial charge is 0.120 e. The van der Waals surface area contributed by atoms with Gasteiger partial charge in [0.1, 0.15) is 12.4 Å². The maximum atomic E-state index is 9.24. The molecule has 1 aromatic carbocycles. The van der Waals surface area contributed by atoms with Crippen molar-refractivity contribution in [3.05, 3.63) is 29.3 Å². The maximum Gasteiger partial charge on any atom is 0.120 e. The monoisotopic (exact) mass is 247 g/mol. The van der Waals surface area contributed by atoms with Gasteiger partial charge in [-0.05, 0) is 29.5 Å². The van der Waals surface area contributed by atoms with Gasteiger partial charge in [0.15, 0.2) is 0 Å². The summed E-state index contributed by atoms with van der Waals surface area (Å²) in [5.41, 5.74) is 1.78. The molecule has 98 valence electrons. The van der Waals surface area contributed by atoms with Gasteiger partial charge in [0.25, 0.3) is 0 Å². The lowest BCUT2D eigenvalue weighted by Crippen LogP contribution is -2.17. The summed E-state index contributed by atoms with van der Waals surface area (Å²) < 4.78 is 10.4. The first-order chi connectivity index (χ1) is 8.55. The van der Waals surface area contributed by atoms with Crippen molar-refractivity contribution in [2.24, 2.45) is 0 Å². The molecule has 0 aliphatic carbocycles. The number of ether oxygens (including phenoxy) is 2. The Morgan fingerprint density at radius 1 is 1.28 bits per heavy atom. The Balaban J connectivity index is 2.94. The molecule has 0 spiro atoms. The van der Waals surface area contributed by atoms with Crippen molar-refractivity contribution in [2.75, 3.05) is 20.3 Å². The summed E-state index contributed by atoms with van der Waals surface area (Å²) in [6.07, 6.45) is 0.992. The maximum absolute atomic E-state index is 9.24. The zero-order valence-corrected chi connectivity index (χ0v) is 11.6. The third kappa shape index (κ3) is 3.48. The lowest BCUT2D eigenvalue weighted by Gasteiger charge is -2.24. The van der Waals surface area contributed by atoms with Crippen LogP contribution in [0, 0.1) is 11.3 Å². The second kappa shape index (κ2) is 6.42. The fourth-order valence-electron chi connectivity index (χ4n) is 1.73. The molecule has 0 saturated carbocycles. The van der Waals surface area contributed by atoms with Gasteiger partial charge in [0, 0.05) is 7.11 Å². The van der Waals surface area contributed by atoms with E-state index in [1.807, 2.05) is 18.2 Å². The number of hydrogen-bond acceptors (Lipinski definition) is 3. The van der Waals surface area contributed by atoms with Crippen LogP contribution >= 0.6 is 0 Å². The second-order valence-electron chi connectivity index (χ2n) is 4.90. The van der Waals surface area contributed by atoms with Gasteiger partial charge in [-0.1, -0.05) is 26.8 Å². The molecule has 0 heterocycles. The molecule has 0 atom stereocenters. The normalized spacial score (nSPS) is 11.1. The zero-order chi connectivity index (χ0) is 13.6. The average molecular weight is 247 g/mol. The molecular formula is C15H21NO2. The van der Waals surface area contributed by atoms with Crippen LogP contribution < -0.4 is 4.74 Å². The van der Waals surface area contributed by atoms with Crippen molar-refractivity contribution >= 4 is 0 Å². The third-order valence-corrected chi connectivity index (χ3v) is 3.28. The highest BCUT2D eigenvalue weighted by Gasteiger charge is 2.21. The summed E-state index contributed by atoms with van der Waals surface area (Å²) in [4.78, 5) is 0. The van der Waals surface area contributed by atoms with Gasteiger partial charge in [0.2, 0.25) is 0 Å². The molecule has 0 aliphatic rings. The highest BCUT2D eigenvalue weighted by molar-refractivity contribution is 5.46. The molecule has 3 heteroatoms. The topological polar surface area (TPSA) is 42.2 Å². The van der Waals surface area contributed by atoms with Crippen LogP contribution in [0.15, 0.2) is 18.2 Å². The summed E-state index contributed by atoms with van der Waals surface area (Å²) in [5.74, 6) is 0.722. The minimum atomic E-state index is 0.0100. The van der Waals surface area contributed by atoms with Crippen molar-refractivity contribution < 1.29 is 9.47 Å². The third-order valence-electron chi connectivity index (χ3n) is 3.28. The molecule has 0 amide bonds. The van der Waals surface area contributed by atoms with E-state index >= 15 is 0 Å². The minimum absolute atomic E-state index is 0.0100. The van der Waals surface area contributed by atoms with Gasteiger partial charge in [-0.2, -0.15) is 5.26 Å². The predicted molar refractivity (Wildman–Crippen MR) is 71.8 cm³/mol. The number of rotatable bonds is 6. The van der Waals surface area contributed by atoms with E-state index in [-0.39, 0.29) is 5.41 Å². The van der Waals surface area contributed by atoms with Crippen molar-refractivity contribution in [1.29, 1.82) is 5.26 Å². The molecule has 0 bridgehead atoms. The quantitative estimate of drug-likeness (QED) is 0.724. The number of nitrogens with zero attached hydrogens (tertiary/aromatic N) is 1. The molecule has 3 nitrogen and oxygen atoms in total. The molecular weight excluding hydrogens is 226 g/mol. The van der Waals surface area contributed by atoms with Crippen LogP contribution in [-0.2, 0) is 10.2 Å². The van der Waals surface area contributed by atoms with E-state index in [2.05, 4.69) is 26.8 Å². The van der Waals surface area contributed by atoms with Gasteiger partial charge in [0.05, 0.1) is 18.2 Å². The second-order valence-corrected chi connectivity index (χ2v) is 4.90. The number of benzene rings is 1. The van der Waals surface area contributed by atoms with Gasteiger partial charge >= 0.3 is 0 Å². The Kier molecular flexibility index (Phi) is 5.18. The molecule has 1 aromatic rings. The van der Waals surface area contributed by atoms with E-state index in [4.69, 9.17) is 9.47 Å². The fraction of sp³-hybridized carbons (Fsp3) is 0.533. The highest BCUT2D eigenvalue weighted by Crippen LogP contribution is 2.31. The van der Waals surface area contributed by atoms with Gasteiger partial charge < -0.3 is 9.47 Å². The molecule has 0 radical (unpaired) electrons. The summed E-state index contributed by atoms with van der Waals surface area (Å²) in [7, 11) is 1.64. The summed E-state index contributed by atoms with van der Waals surface area (Å²) in [5, 5.41) is 9.24. The molecule has 0 aliphatic heterocycles. The first kappa shape index (κ1) is 14.5. The molecule has 1 rings (SSSR count). The van der Waals surface area contributed by atoms with E-state index in [9.17, 15) is 5.26 Å². The van der Waals surface area contributed by atoms with Crippen molar-refractivity contribution in [3.63, 3.8) is 0 Å². The largest absolute Gasteiger partial charge is 0.491 e. The zero-order valence-electron chi connectivity index (χ0n) is 11.6. The van der Waals surface area contributed by atoms with Gasteiger partial charge in [-0.3, -0.25) is 0 Å². The molecule has 0 aromatic heterocycles. The SMILES string of the molecule is CCC(C)(C)c1ccc(OCCOC)cc1C#N. The lowest BCUT2D eigenvalue weighted by molar-refractivity contribution is 0.146. The molecule has 18 heavy (non-hydrogen) atoms. The summed E-state index contributed by atoms with van der Waals surface area (Å²) in [6, 6.07) is 7.97. The minimum Gasteiger partial charge on any atom is -0.491 e. The lowest BCUT2D eigenvalue weighted by atomic mass is 9.80. The van der Waals surface area contributed by atoms with Crippen LogP contribution in [0.4, 0.5) is 0 Å². The van der Waals surface area contributed by atoms with E-state index in [0.29, 0.717) is 18.8 Å². The fourth-order valence-corrected chi connectivity index (χ4v) is 1.73. The molecule has 0 N–H and O–H groups in total. The Labute approximate surface area is 109 Å². The van der Waals surface area contributed by atoms with Crippen LogP contribution in [0.25, 0.3) is 0 Å². The predicted octanol–water partition coefficient (Wildman–Crippen LogP) is 3.27. The first-order valence-corrected chi connectivity index (χ1v) is 6.21. The number of hydrogen-bond donors (Lipinski definition) is 0. The summed E-state index contributed by atoms with van der Waals surface area (Å²) >= 11 is 0. The van der Waals surface area contributed by atoms with E-state index in [1.165, 1.54) is 0 Å². The number of methoxy groups -OCH3 is 1. The van der Waals surface area contributed by atoms with Crippen LogP contribution in [0.2, 0.25) is 0 Å². The van der Waals surface area contributed by atoms with Crippen LogP contribution in [0.3, 0.4) is 0 Å².